The molecule has 0 amide bonds. The monoisotopic (exact) mass is 740 g/mol. The van der Waals surface area contributed by atoms with E-state index >= 15 is 0 Å². The zero-order chi connectivity index (χ0) is 27.7. The Labute approximate surface area is 264 Å². The first kappa shape index (κ1) is 29.8. The molecular formula is C39H34IrNP. The molecule has 0 atom stereocenters. The number of rotatable bonds is 4. The van der Waals surface area contributed by atoms with Gasteiger partial charge in [-0.2, -0.15) is 0 Å². The Morgan fingerprint density at radius 2 is 0.929 bits per heavy atom. The van der Waals surface area contributed by atoms with E-state index in [1.54, 1.807) is 0 Å². The minimum atomic E-state index is -0.759. The first-order chi connectivity index (χ1) is 20.4. The van der Waals surface area contributed by atoms with Crippen LogP contribution in [0.15, 0.2) is 158 Å². The molecule has 1 nitrogen and oxygen atoms in total. The van der Waals surface area contributed by atoms with Crippen molar-refractivity contribution in [2.24, 2.45) is 0 Å². The Bertz CT molecular complexity index is 1720. The molecule has 42 heavy (non-hydrogen) atoms. The summed E-state index contributed by atoms with van der Waals surface area (Å²) in [5, 5.41) is 8.91. The van der Waals surface area contributed by atoms with E-state index < -0.39 is 7.92 Å². The van der Waals surface area contributed by atoms with E-state index in [0.29, 0.717) is 0 Å². The van der Waals surface area contributed by atoms with E-state index in [0.717, 1.165) is 5.69 Å². The SMILES string of the molecule is C1=CCC/C=C\CC1.[Ir].c1ccc(P(c2ccccc2)c2ccc3ccccc3c2-c2nccc3ccccc23)cc1. The Morgan fingerprint density at radius 3 is 1.50 bits per heavy atom. The molecule has 0 unspecified atom stereocenters. The smallest absolute Gasteiger partial charge is 0.0793 e. The van der Waals surface area contributed by atoms with E-state index in [9.17, 15) is 0 Å². The second-order valence-electron chi connectivity index (χ2n) is 10.2. The molecule has 1 heterocycles. The summed E-state index contributed by atoms with van der Waals surface area (Å²) >= 11 is 0. The van der Waals surface area contributed by atoms with Crippen LogP contribution in [0.3, 0.4) is 0 Å². The van der Waals surface area contributed by atoms with Gasteiger partial charge in [0.15, 0.2) is 0 Å². The molecule has 1 radical (unpaired) electrons. The second-order valence-corrected chi connectivity index (χ2v) is 12.4. The van der Waals surface area contributed by atoms with E-state index in [1.165, 1.54) is 68.7 Å². The number of pyridine rings is 1. The van der Waals surface area contributed by atoms with Crippen LogP contribution in [-0.2, 0) is 20.1 Å². The van der Waals surface area contributed by atoms with Crippen molar-refractivity contribution in [3.63, 3.8) is 0 Å². The number of hydrogen-bond acceptors (Lipinski definition) is 1. The Hall–Kier alpha value is -3.67. The number of fused-ring (bicyclic) bond motifs is 2. The maximum Gasteiger partial charge on any atom is 0.0793 e. The van der Waals surface area contributed by atoms with Gasteiger partial charge in [-0.3, -0.25) is 4.98 Å². The minimum absolute atomic E-state index is 0. The molecule has 1 aliphatic carbocycles. The van der Waals surface area contributed by atoms with Crippen LogP contribution in [0.2, 0.25) is 0 Å². The van der Waals surface area contributed by atoms with E-state index in [2.05, 4.69) is 152 Å². The molecule has 0 aliphatic heterocycles. The molecule has 0 saturated carbocycles. The van der Waals surface area contributed by atoms with Gasteiger partial charge in [-0.05, 0) is 71.7 Å². The van der Waals surface area contributed by atoms with Crippen LogP contribution in [0.4, 0.5) is 0 Å². The third-order valence-corrected chi connectivity index (χ3v) is 9.90. The van der Waals surface area contributed by atoms with Crippen LogP contribution in [0.5, 0.6) is 0 Å². The predicted molar refractivity (Wildman–Crippen MR) is 180 cm³/mol. The van der Waals surface area contributed by atoms with Crippen molar-refractivity contribution in [3.8, 4) is 11.3 Å². The van der Waals surface area contributed by atoms with Gasteiger partial charge < -0.3 is 0 Å². The average molecular weight is 740 g/mol. The normalized spacial score (nSPS) is 13.5. The molecule has 1 aliphatic rings. The number of nitrogens with zero attached hydrogens (tertiary/aromatic N) is 1. The summed E-state index contributed by atoms with van der Waals surface area (Å²) in [4.78, 5) is 4.97. The van der Waals surface area contributed by atoms with Crippen molar-refractivity contribution >= 4 is 45.4 Å². The molecule has 0 N–H and O–H groups in total. The molecule has 5 aromatic carbocycles. The van der Waals surface area contributed by atoms with Crippen LogP contribution in [0, 0.1) is 0 Å². The number of allylic oxidation sites excluding steroid dienone is 4. The molecule has 3 heteroatoms. The fourth-order valence-corrected chi connectivity index (χ4v) is 7.92. The van der Waals surface area contributed by atoms with Crippen molar-refractivity contribution in [2.75, 3.05) is 0 Å². The maximum absolute atomic E-state index is 4.97. The quantitative estimate of drug-likeness (QED) is 0.130. The Balaban J connectivity index is 0.000000342. The molecular weight excluding hydrogens is 706 g/mol. The van der Waals surface area contributed by atoms with Gasteiger partial charge in [-0.15, -0.1) is 0 Å². The molecule has 0 saturated heterocycles. The first-order valence-electron chi connectivity index (χ1n) is 14.5. The zero-order valence-electron chi connectivity index (χ0n) is 23.6. The van der Waals surface area contributed by atoms with Crippen molar-refractivity contribution in [1.29, 1.82) is 0 Å². The number of benzene rings is 5. The zero-order valence-corrected chi connectivity index (χ0v) is 26.9. The molecule has 6 aromatic rings. The molecule has 0 bridgehead atoms. The largest absolute Gasteiger partial charge is 0.256 e. The molecule has 0 spiro atoms. The average Bonchev–Trinajstić information content (AvgIpc) is 3.02. The van der Waals surface area contributed by atoms with Crippen LogP contribution >= 0.6 is 7.92 Å². The molecule has 7 rings (SSSR count). The number of aromatic nitrogens is 1. The summed E-state index contributed by atoms with van der Waals surface area (Å²) in [5.74, 6) is 0. The number of hydrogen-bond donors (Lipinski definition) is 0. The van der Waals surface area contributed by atoms with Crippen LogP contribution in [0.25, 0.3) is 32.8 Å². The Morgan fingerprint density at radius 1 is 0.452 bits per heavy atom. The summed E-state index contributed by atoms with van der Waals surface area (Å²) in [6.07, 6.45) is 15.9. The summed E-state index contributed by atoms with van der Waals surface area (Å²) in [7, 11) is -0.759. The van der Waals surface area contributed by atoms with Crippen LogP contribution in [-0.4, -0.2) is 4.98 Å². The topological polar surface area (TPSA) is 12.9 Å². The maximum atomic E-state index is 4.97. The molecule has 209 valence electrons. The minimum Gasteiger partial charge on any atom is -0.256 e. The van der Waals surface area contributed by atoms with Crippen LogP contribution in [0.1, 0.15) is 25.7 Å². The summed E-state index contributed by atoms with van der Waals surface area (Å²) in [6, 6.07) is 45.7. The molecule has 0 fully saturated rings. The predicted octanol–water partition coefficient (Wildman–Crippen LogP) is 9.48. The van der Waals surface area contributed by atoms with Gasteiger partial charge in [0.25, 0.3) is 0 Å². The standard InChI is InChI=1S/C31H22NP.C8H12.Ir/c1-3-13-25(14-4-1)33(26-15-5-2-6-16-26)29-20-19-23-11-7-9-17-27(23)30(29)31-28-18-10-8-12-24(28)21-22-32-31;1-2-4-6-8-7-5-3-1;/h1-22H;1-2,7-8H,3-6H2;/b;2-1-,8-7?;. The first-order valence-corrected chi connectivity index (χ1v) is 15.8. The van der Waals surface area contributed by atoms with Gasteiger partial charge >= 0.3 is 0 Å². The van der Waals surface area contributed by atoms with Crippen molar-refractivity contribution < 1.29 is 20.1 Å². The van der Waals surface area contributed by atoms with Gasteiger partial charge in [0, 0.05) is 37.3 Å². The van der Waals surface area contributed by atoms with Crippen molar-refractivity contribution in [3.05, 3.63) is 158 Å². The van der Waals surface area contributed by atoms with Gasteiger partial charge in [0.1, 0.15) is 0 Å². The molecule has 1 aromatic heterocycles. The summed E-state index contributed by atoms with van der Waals surface area (Å²) < 4.78 is 0. The van der Waals surface area contributed by atoms with E-state index in [4.69, 9.17) is 4.98 Å². The Kier molecular flexibility index (Phi) is 10.6. The van der Waals surface area contributed by atoms with Gasteiger partial charge in [0.2, 0.25) is 0 Å². The van der Waals surface area contributed by atoms with E-state index in [-0.39, 0.29) is 20.1 Å². The fourth-order valence-electron chi connectivity index (χ4n) is 5.45. The fraction of sp³-hybridized carbons (Fsp3) is 0.103. The third-order valence-electron chi connectivity index (χ3n) is 7.42. The van der Waals surface area contributed by atoms with E-state index in [1.807, 2.05) is 6.20 Å². The third kappa shape index (κ3) is 6.86. The summed E-state index contributed by atoms with van der Waals surface area (Å²) in [5.41, 5.74) is 2.29. The van der Waals surface area contributed by atoms with Crippen LogP contribution < -0.4 is 15.9 Å². The summed E-state index contributed by atoms with van der Waals surface area (Å²) in [6.45, 7) is 0. The van der Waals surface area contributed by atoms with Gasteiger partial charge in [-0.1, -0.05) is 146 Å². The van der Waals surface area contributed by atoms with Gasteiger partial charge in [-0.25, -0.2) is 0 Å². The van der Waals surface area contributed by atoms with Crippen molar-refractivity contribution in [1.82, 2.24) is 4.98 Å². The van der Waals surface area contributed by atoms with Gasteiger partial charge in [0.05, 0.1) is 5.69 Å². The van der Waals surface area contributed by atoms with Crippen molar-refractivity contribution in [2.45, 2.75) is 25.7 Å². The second kappa shape index (κ2) is 15.0.